The highest BCUT2D eigenvalue weighted by molar-refractivity contribution is 7.99. The van der Waals surface area contributed by atoms with E-state index in [2.05, 4.69) is 21.4 Å². The molecule has 4 aromatic rings. The summed E-state index contributed by atoms with van der Waals surface area (Å²) in [6.07, 6.45) is 0. The second kappa shape index (κ2) is 6.58. The SMILES string of the molecule is Cc1nn(-c2ccccc2)c2sc(-c3nnc(SCC(=O)O)n3C)cc12. The molecule has 132 valence electrons. The van der Waals surface area contributed by atoms with Gasteiger partial charge in [0.1, 0.15) is 4.83 Å². The van der Waals surface area contributed by atoms with Crippen LogP contribution in [-0.4, -0.2) is 41.4 Å². The number of thiophene rings is 1. The van der Waals surface area contributed by atoms with Gasteiger partial charge in [-0.15, -0.1) is 21.5 Å². The predicted molar refractivity (Wildman–Crippen MR) is 102 cm³/mol. The minimum atomic E-state index is -0.875. The number of carbonyl (C=O) groups is 1. The predicted octanol–water partition coefficient (Wildman–Crippen LogP) is 3.37. The molecule has 0 aliphatic carbocycles. The molecule has 3 heterocycles. The van der Waals surface area contributed by atoms with Crippen LogP contribution in [-0.2, 0) is 11.8 Å². The molecule has 0 aliphatic rings. The lowest BCUT2D eigenvalue weighted by Crippen LogP contribution is -2.00. The molecule has 0 fully saturated rings. The molecule has 0 saturated heterocycles. The van der Waals surface area contributed by atoms with Crippen molar-refractivity contribution in [3.05, 3.63) is 42.1 Å². The lowest BCUT2D eigenvalue weighted by Gasteiger charge is -2.02. The summed E-state index contributed by atoms with van der Waals surface area (Å²) in [5, 5.41) is 23.5. The Morgan fingerprint density at radius 3 is 2.77 bits per heavy atom. The standard InChI is InChI=1S/C17H15N5O2S2/c1-10-12-8-13(15-18-19-17(21(15)2)25-9-14(23)24)26-16(12)22(20-10)11-6-4-3-5-7-11/h3-8H,9H2,1-2H3,(H,23,24). The van der Waals surface area contributed by atoms with E-state index in [0.29, 0.717) is 5.16 Å². The zero-order valence-electron chi connectivity index (χ0n) is 14.1. The van der Waals surface area contributed by atoms with E-state index in [1.807, 2.05) is 53.6 Å². The molecule has 3 aromatic heterocycles. The van der Waals surface area contributed by atoms with Gasteiger partial charge in [-0.25, -0.2) is 4.68 Å². The molecular formula is C17H15N5O2S2. The number of aromatic nitrogens is 5. The van der Waals surface area contributed by atoms with Crippen LogP contribution in [0.3, 0.4) is 0 Å². The number of fused-ring (bicyclic) bond motifs is 1. The number of aryl methyl sites for hydroxylation is 1. The van der Waals surface area contributed by atoms with Crippen LogP contribution in [0.15, 0.2) is 41.6 Å². The maximum absolute atomic E-state index is 10.8. The first-order valence-corrected chi connectivity index (χ1v) is 9.63. The van der Waals surface area contributed by atoms with Crippen LogP contribution < -0.4 is 0 Å². The Bertz CT molecular complexity index is 1100. The summed E-state index contributed by atoms with van der Waals surface area (Å²) in [5.41, 5.74) is 1.96. The van der Waals surface area contributed by atoms with Crippen LogP contribution in [0.1, 0.15) is 5.69 Å². The molecule has 0 aliphatic heterocycles. The molecule has 0 spiro atoms. The van der Waals surface area contributed by atoms with Crippen LogP contribution >= 0.6 is 23.1 Å². The molecule has 26 heavy (non-hydrogen) atoms. The van der Waals surface area contributed by atoms with Crippen LogP contribution in [0.4, 0.5) is 0 Å². The molecule has 4 rings (SSSR count). The minimum Gasteiger partial charge on any atom is -0.481 e. The lowest BCUT2D eigenvalue weighted by atomic mass is 10.3. The van der Waals surface area contributed by atoms with Crippen molar-refractivity contribution in [2.75, 3.05) is 5.75 Å². The summed E-state index contributed by atoms with van der Waals surface area (Å²) in [7, 11) is 1.85. The van der Waals surface area contributed by atoms with Gasteiger partial charge >= 0.3 is 5.97 Å². The lowest BCUT2D eigenvalue weighted by molar-refractivity contribution is -0.133. The smallest absolute Gasteiger partial charge is 0.313 e. The Labute approximate surface area is 157 Å². The fourth-order valence-corrected chi connectivity index (χ4v) is 4.52. The van der Waals surface area contributed by atoms with Crippen molar-refractivity contribution in [2.45, 2.75) is 12.1 Å². The summed E-state index contributed by atoms with van der Waals surface area (Å²) >= 11 is 2.76. The second-order valence-corrected chi connectivity index (χ2v) is 7.68. The third-order valence-electron chi connectivity index (χ3n) is 3.93. The first-order chi connectivity index (χ1) is 12.5. The fourth-order valence-electron chi connectivity index (χ4n) is 2.68. The maximum atomic E-state index is 10.8. The van der Waals surface area contributed by atoms with Gasteiger partial charge in [-0.1, -0.05) is 30.0 Å². The van der Waals surface area contributed by atoms with E-state index in [9.17, 15) is 4.79 Å². The van der Waals surface area contributed by atoms with Crippen molar-refractivity contribution in [3.8, 4) is 16.4 Å². The van der Waals surface area contributed by atoms with Crippen LogP contribution in [0.25, 0.3) is 26.6 Å². The van der Waals surface area contributed by atoms with Crippen molar-refractivity contribution >= 4 is 39.3 Å². The molecule has 0 bridgehead atoms. The number of rotatable bonds is 5. The highest BCUT2D eigenvalue weighted by atomic mass is 32.2. The molecule has 1 aromatic carbocycles. The van der Waals surface area contributed by atoms with E-state index >= 15 is 0 Å². The van der Waals surface area contributed by atoms with Crippen molar-refractivity contribution in [2.24, 2.45) is 7.05 Å². The fraction of sp³-hybridized carbons (Fsp3) is 0.176. The number of carboxylic acids is 1. The quantitative estimate of drug-likeness (QED) is 0.530. The first-order valence-electron chi connectivity index (χ1n) is 7.83. The van der Waals surface area contributed by atoms with Gasteiger partial charge in [0.05, 0.1) is 22.0 Å². The average molecular weight is 385 g/mol. The van der Waals surface area contributed by atoms with Crippen molar-refractivity contribution in [1.82, 2.24) is 24.5 Å². The molecule has 0 atom stereocenters. The highest BCUT2D eigenvalue weighted by Crippen LogP contribution is 2.36. The van der Waals surface area contributed by atoms with E-state index in [-0.39, 0.29) is 5.75 Å². The van der Waals surface area contributed by atoms with Gasteiger partial charge in [0.2, 0.25) is 0 Å². The second-order valence-electron chi connectivity index (χ2n) is 5.71. The van der Waals surface area contributed by atoms with Crippen LogP contribution in [0.2, 0.25) is 0 Å². The van der Waals surface area contributed by atoms with Gasteiger partial charge in [0, 0.05) is 12.4 Å². The zero-order valence-corrected chi connectivity index (χ0v) is 15.7. The monoisotopic (exact) mass is 385 g/mol. The molecule has 7 nitrogen and oxygen atoms in total. The van der Waals surface area contributed by atoms with E-state index < -0.39 is 5.97 Å². The van der Waals surface area contributed by atoms with Crippen molar-refractivity contribution in [3.63, 3.8) is 0 Å². The summed E-state index contributed by atoms with van der Waals surface area (Å²) in [5.74, 6) is -0.196. The first kappa shape index (κ1) is 16.8. The third-order valence-corrected chi connectivity index (χ3v) is 6.04. The molecule has 0 saturated carbocycles. The number of aliphatic carboxylic acids is 1. The Balaban J connectivity index is 1.76. The maximum Gasteiger partial charge on any atom is 0.313 e. The molecule has 0 amide bonds. The molecular weight excluding hydrogens is 370 g/mol. The van der Waals surface area contributed by atoms with E-state index in [0.717, 1.165) is 44.1 Å². The summed E-state index contributed by atoms with van der Waals surface area (Å²) in [6.45, 7) is 1.99. The Morgan fingerprint density at radius 1 is 1.27 bits per heavy atom. The van der Waals surface area contributed by atoms with E-state index in [1.165, 1.54) is 0 Å². The van der Waals surface area contributed by atoms with E-state index in [1.54, 1.807) is 11.3 Å². The number of hydrogen-bond donors (Lipinski definition) is 1. The Kier molecular flexibility index (Phi) is 4.25. The van der Waals surface area contributed by atoms with Crippen LogP contribution in [0, 0.1) is 6.92 Å². The number of carboxylic acid groups (broad SMARTS) is 1. The van der Waals surface area contributed by atoms with Crippen molar-refractivity contribution in [1.29, 1.82) is 0 Å². The van der Waals surface area contributed by atoms with E-state index in [4.69, 9.17) is 5.11 Å². The molecule has 0 radical (unpaired) electrons. The summed E-state index contributed by atoms with van der Waals surface area (Å²) in [4.78, 5) is 12.8. The zero-order chi connectivity index (χ0) is 18.3. The number of nitrogens with zero attached hydrogens (tertiary/aromatic N) is 5. The number of thioether (sulfide) groups is 1. The topological polar surface area (TPSA) is 85.8 Å². The van der Waals surface area contributed by atoms with Gasteiger partial charge in [-0.3, -0.25) is 4.79 Å². The van der Waals surface area contributed by atoms with Gasteiger partial charge in [0.15, 0.2) is 11.0 Å². The largest absolute Gasteiger partial charge is 0.481 e. The number of para-hydroxylation sites is 1. The Morgan fingerprint density at radius 2 is 2.04 bits per heavy atom. The van der Waals surface area contributed by atoms with Gasteiger partial charge in [-0.05, 0) is 25.1 Å². The van der Waals surface area contributed by atoms with Gasteiger partial charge in [0.25, 0.3) is 0 Å². The molecule has 9 heteroatoms. The van der Waals surface area contributed by atoms with Gasteiger partial charge in [-0.2, -0.15) is 5.10 Å². The molecule has 0 unspecified atom stereocenters. The Hall–Kier alpha value is -2.65. The molecule has 1 N–H and O–H groups in total. The highest BCUT2D eigenvalue weighted by Gasteiger charge is 2.18. The summed E-state index contributed by atoms with van der Waals surface area (Å²) in [6, 6.07) is 12.1. The normalized spacial score (nSPS) is 11.3. The van der Waals surface area contributed by atoms with Crippen LogP contribution in [0.5, 0.6) is 0 Å². The summed E-state index contributed by atoms with van der Waals surface area (Å²) < 4.78 is 3.77. The van der Waals surface area contributed by atoms with Crippen molar-refractivity contribution < 1.29 is 9.90 Å². The van der Waals surface area contributed by atoms with Gasteiger partial charge < -0.3 is 9.67 Å². The minimum absolute atomic E-state index is 0.0412. The number of benzene rings is 1. The average Bonchev–Trinajstić information content (AvgIpc) is 3.29. The third kappa shape index (κ3) is 2.89. The number of hydrogen-bond acceptors (Lipinski definition) is 6.